The minimum Gasteiger partial charge on any atom is -0.465 e. The zero-order valence-electron chi connectivity index (χ0n) is 17.7. The number of pyridine rings is 1. The van der Waals surface area contributed by atoms with E-state index >= 15 is 0 Å². The third kappa shape index (κ3) is 3.49. The summed E-state index contributed by atoms with van der Waals surface area (Å²) in [5.74, 6) is 1.47. The highest BCUT2D eigenvalue weighted by Gasteiger charge is 2.37. The van der Waals surface area contributed by atoms with Gasteiger partial charge in [0.15, 0.2) is 5.56 Å². The van der Waals surface area contributed by atoms with Gasteiger partial charge in [0.25, 0.3) is 5.82 Å². The summed E-state index contributed by atoms with van der Waals surface area (Å²) in [6, 6.07) is 23.4. The molecule has 6 heteroatoms. The van der Waals surface area contributed by atoms with Crippen LogP contribution in [0.25, 0.3) is 16.8 Å². The van der Waals surface area contributed by atoms with E-state index in [-0.39, 0.29) is 11.6 Å². The molecule has 0 fully saturated rings. The maximum Gasteiger partial charge on any atom is 0.349 e. The number of hydrogen-bond acceptors (Lipinski definition) is 3. The van der Waals surface area contributed by atoms with Gasteiger partial charge < -0.3 is 4.74 Å². The topological polar surface area (TPSA) is 48.0 Å². The van der Waals surface area contributed by atoms with Crippen LogP contribution in [-0.2, 0) is 6.42 Å². The fraction of sp³-hybridized carbons (Fsp3) is 0.192. The normalized spacial score (nSPS) is 15.2. The molecular weight excluding hydrogens is 422 g/mol. The molecular formula is C26H23ClN3O2+. The molecule has 5 nitrogen and oxygen atoms in total. The minimum atomic E-state index is -0.126. The second-order valence-corrected chi connectivity index (χ2v) is 8.22. The van der Waals surface area contributed by atoms with Crippen molar-refractivity contribution in [2.24, 2.45) is 0 Å². The van der Waals surface area contributed by atoms with E-state index in [9.17, 15) is 4.79 Å². The molecule has 2 aromatic heterocycles. The number of hydrogen-bond donors (Lipinski definition) is 0. The Kier molecular flexibility index (Phi) is 5.50. The Morgan fingerprint density at radius 3 is 2.41 bits per heavy atom. The Balaban J connectivity index is 1.87. The van der Waals surface area contributed by atoms with Crippen LogP contribution in [0.4, 0.5) is 0 Å². The average Bonchev–Trinajstić information content (AvgIpc) is 2.85. The molecule has 0 spiro atoms. The molecule has 0 saturated heterocycles. The highest BCUT2D eigenvalue weighted by molar-refractivity contribution is 6.29. The first kappa shape index (κ1) is 20.5. The lowest BCUT2D eigenvalue weighted by Gasteiger charge is -2.25. The molecule has 1 unspecified atom stereocenters. The van der Waals surface area contributed by atoms with Crippen molar-refractivity contribution in [3.63, 3.8) is 0 Å². The van der Waals surface area contributed by atoms with Gasteiger partial charge in [-0.05, 0) is 36.6 Å². The van der Waals surface area contributed by atoms with Crippen molar-refractivity contribution in [1.29, 1.82) is 0 Å². The van der Waals surface area contributed by atoms with Gasteiger partial charge in [0.2, 0.25) is 0 Å². The van der Waals surface area contributed by atoms with E-state index < -0.39 is 0 Å². The molecule has 2 aromatic carbocycles. The van der Waals surface area contributed by atoms with Crippen LogP contribution in [0.15, 0.2) is 83.8 Å². The van der Waals surface area contributed by atoms with Crippen molar-refractivity contribution in [3.05, 3.63) is 106 Å². The number of para-hydroxylation sites is 1. The Hall–Kier alpha value is -3.44. The summed E-state index contributed by atoms with van der Waals surface area (Å²) in [7, 11) is 1.63. The predicted octanol–water partition coefficient (Wildman–Crippen LogP) is 4.77. The summed E-state index contributed by atoms with van der Waals surface area (Å²) < 4.78 is 9.91. The zero-order valence-corrected chi connectivity index (χ0v) is 18.5. The van der Waals surface area contributed by atoms with Crippen LogP contribution >= 0.6 is 11.6 Å². The fourth-order valence-corrected chi connectivity index (χ4v) is 4.70. The number of fused-ring (bicyclic) bond motifs is 1. The van der Waals surface area contributed by atoms with Crippen molar-refractivity contribution in [1.82, 2.24) is 9.55 Å². The molecule has 0 N–H and O–H groups in total. The molecule has 0 amide bonds. The number of ether oxygens (including phenoxy) is 1. The van der Waals surface area contributed by atoms with Crippen LogP contribution in [-0.4, -0.2) is 16.7 Å². The van der Waals surface area contributed by atoms with E-state index in [1.165, 1.54) is 0 Å². The van der Waals surface area contributed by atoms with Crippen LogP contribution in [0, 0.1) is 0 Å². The number of nitrogens with zero attached hydrogens (tertiary/aromatic N) is 3. The summed E-state index contributed by atoms with van der Waals surface area (Å²) in [5.41, 5.74) is 3.25. The van der Waals surface area contributed by atoms with Crippen LogP contribution < -0.4 is 14.9 Å². The van der Waals surface area contributed by atoms with Gasteiger partial charge in [0.05, 0.1) is 13.5 Å². The molecule has 1 atom stereocenters. The van der Waals surface area contributed by atoms with E-state index in [4.69, 9.17) is 16.3 Å². The van der Waals surface area contributed by atoms with Gasteiger partial charge in [-0.15, -0.1) is 0 Å². The van der Waals surface area contributed by atoms with Crippen molar-refractivity contribution in [3.8, 4) is 22.7 Å². The van der Waals surface area contributed by atoms with Crippen molar-refractivity contribution < 1.29 is 9.30 Å². The standard InChI is InChI=1S/C26H23ClN3O2/c1-32-26-24(18-9-4-2-5-10-18)25(31)30-21(19-15-16-22(27)28-17-19)13-8-14-23(30)29(26)20-11-6-3-7-12-20/h2-7,9-12,15-17,21H,8,13-14H2,1H3/q+1. The maximum absolute atomic E-state index is 14.1. The predicted molar refractivity (Wildman–Crippen MR) is 125 cm³/mol. The number of aromatic nitrogens is 3. The van der Waals surface area contributed by atoms with Crippen LogP contribution in [0.1, 0.15) is 30.3 Å². The average molecular weight is 445 g/mol. The van der Waals surface area contributed by atoms with Crippen LogP contribution in [0.5, 0.6) is 5.88 Å². The molecule has 1 aliphatic rings. The zero-order chi connectivity index (χ0) is 22.1. The first-order chi connectivity index (χ1) is 15.7. The summed E-state index contributed by atoms with van der Waals surface area (Å²) >= 11 is 6.03. The maximum atomic E-state index is 14.1. The molecule has 0 bridgehead atoms. The second-order valence-electron chi connectivity index (χ2n) is 7.83. The van der Waals surface area contributed by atoms with Gasteiger partial charge in [0, 0.05) is 11.8 Å². The van der Waals surface area contributed by atoms with Gasteiger partial charge in [-0.3, -0.25) is 0 Å². The van der Waals surface area contributed by atoms with Crippen molar-refractivity contribution in [2.75, 3.05) is 7.11 Å². The largest absolute Gasteiger partial charge is 0.465 e. The lowest BCUT2D eigenvalue weighted by Crippen LogP contribution is -2.49. The third-order valence-corrected chi connectivity index (χ3v) is 6.20. The number of benzene rings is 2. The number of methoxy groups -OCH3 is 1. The number of rotatable bonds is 4. The first-order valence-electron chi connectivity index (χ1n) is 10.7. The smallest absolute Gasteiger partial charge is 0.349 e. The summed E-state index contributed by atoms with van der Waals surface area (Å²) in [6.45, 7) is 0. The molecule has 0 radical (unpaired) electrons. The third-order valence-electron chi connectivity index (χ3n) is 5.98. The van der Waals surface area contributed by atoms with Gasteiger partial charge in [-0.25, -0.2) is 9.78 Å². The van der Waals surface area contributed by atoms with Crippen LogP contribution in [0.3, 0.4) is 0 Å². The molecule has 32 heavy (non-hydrogen) atoms. The Morgan fingerprint density at radius 2 is 1.75 bits per heavy atom. The Morgan fingerprint density at radius 1 is 1.03 bits per heavy atom. The van der Waals surface area contributed by atoms with Gasteiger partial charge in [0.1, 0.15) is 16.9 Å². The molecule has 1 aliphatic heterocycles. The summed E-state index contributed by atoms with van der Waals surface area (Å²) in [6.07, 6.45) is 4.35. The molecule has 3 heterocycles. The van der Waals surface area contributed by atoms with E-state index in [0.29, 0.717) is 16.6 Å². The van der Waals surface area contributed by atoms with Gasteiger partial charge >= 0.3 is 11.4 Å². The monoisotopic (exact) mass is 444 g/mol. The molecule has 0 aliphatic carbocycles. The molecule has 5 rings (SSSR count). The van der Waals surface area contributed by atoms with E-state index in [1.54, 1.807) is 19.4 Å². The first-order valence-corrected chi connectivity index (χ1v) is 11.1. The fourth-order valence-electron chi connectivity index (χ4n) is 4.59. The second kappa shape index (κ2) is 8.60. The Bertz CT molecular complexity index is 1300. The number of halogens is 1. The van der Waals surface area contributed by atoms with Gasteiger partial charge in [-0.1, -0.05) is 66.2 Å². The highest BCUT2D eigenvalue weighted by atomic mass is 35.5. The van der Waals surface area contributed by atoms with E-state index in [1.807, 2.05) is 71.3 Å². The minimum absolute atomic E-state index is 0.0603. The van der Waals surface area contributed by atoms with Crippen molar-refractivity contribution >= 4 is 11.6 Å². The SMILES string of the molecule is COc1c(-c2ccccc2)c(=O)n2c([n+]1-c1ccccc1)CCCC2c1ccc(Cl)nc1. The van der Waals surface area contributed by atoms with Crippen molar-refractivity contribution in [2.45, 2.75) is 25.3 Å². The quantitative estimate of drug-likeness (QED) is 0.336. The molecule has 4 aromatic rings. The summed E-state index contributed by atoms with van der Waals surface area (Å²) in [5, 5.41) is 0.441. The molecule has 160 valence electrons. The van der Waals surface area contributed by atoms with Crippen LogP contribution in [0.2, 0.25) is 5.15 Å². The highest BCUT2D eigenvalue weighted by Crippen LogP contribution is 2.33. The lowest BCUT2D eigenvalue weighted by atomic mass is 9.96. The lowest BCUT2D eigenvalue weighted by molar-refractivity contribution is -0.617. The van der Waals surface area contributed by atoms with Gasteiger partial charge in [-0.2, -0.15) is 9.13 Å². The van der Waals surface area contributed by atoms with E-state index in [2.05, 4.69) is 9.55 Å². The Labute approximate surface area is 191 Å². The molecule has 0 saturated carbocycles. The summed E-state index contributed by atoms with van der Waals surface area (Å²) in [4.78, 5) is 18.3. The van der Waals surface area contributed by atoms with E-state index in [0.717, 1.165) is 41.9 Å².